The second-order valence-electron chi connectivity index (χ2n) is 4.89. The maximum atomic E-state index is 5.74. The van der Waals surface area contributed by atoms with Crippen LogP contribution < -0.4 is 4.74 Å². The van der Waals surface area contributed by atoms with Crippen molar-refractivity contribution in [2.45, 2.75) is 26.9 Å². The molecule has 3 aromatic heterocycles. The van der Waals surface area contributed by atoms with Crippen LogP contribution in [0.5, 0.6) is 5.75 Å². The summed E-state index contributed by atoms with van der Waals surface area (Å²) in [7, 11) is 0. The summed E-state index contributed by atoms with van der Waals surface area (Å²) in [5.41, 5.74) is 3.10. The number of oxazole rings is 1. The van der Waals surface area contributed by atoms with Crippen molar-refractivity contribution in [1.82, 2.24) is 15.0 Å². The highest BCUT2D eigenvalue weighted by molar-refractivity contribution is 5.74. The van der Waals surface area contributed by atoms with Crippen molar-refractivity contribution in [2.75, 3.05) is 0 Å². The Balaban J connectivity index is 2.10. The van der Waals surface area contributed by atoms with Gasteiger partial charge in [0.15, 0.2) is 5.75 Å². The Morgan fingerprint density at radius 1 is 1.25 bits per heavy atom. The van der Waals surface area contributed by atoms with Crippen LogP contribution in [0.15, 0.2) is 35.1 Å². The molecule has 5 nitrogen and oxygen atoms in total. The van der Waals surface area contributed by atoms with Gasteiger partial charge in [0.2, 0.25) is 11.6 Å². The van der Waals surface area contributed by atoms with Gasteiger partial charge in [0.05, 0.1) is 17.9 Å². The van der Waals surface area contributed by atoms with E-state index < -0.39 is 0 Å². The van der Waals surface area contributed by atoms with Gasteiger partial charge in [0.1, 0.15) is 5.52 Å². The summed E-state index contributed by atoms with van der Waals surface area (Å²) in [5, 5.41) is 0. The summed E-state index contributed by atoms with van der Waals surface area (Å²) in [4.78, 5) is 12.8. The Morgan fingerprint density at radius 2 is 2.10 bits per heavy atom. The van der Waals surface area contributed by atoms with Crippen molar-refractivity contribution in [3.63, 3.8) is 0 Å². The molecular weight excluding hydrogens is 254 g/mol. The number of pyridine rings is 2. The SMILES string of the molecule is Cc1cnc2oc(-c3ccncc3OC(C)C)nc2c1. The Morgan fingerprint density at radius 3 is 2.90 bits per heavy atom. The molecule has 0 saturated carbocycles. The standard InChI is InChI=1S/C15H15N3O2/c1-9(2)19-13-8-16-5-4-11(13)14-18-12-6-10(3)7-17-15(12)20-14/h4-9H,1-3H3. The molecule has 0 spiro atoms. The van der Waals surface area contributed by atoms with Crippen molar-refractivity contribution in [1.29, 1.82) is 0 Å². The highest BCUT2D eigenvalue weighted by Gasteiger charge is 2.15. The lowest BCUT2D eigenvalue weighted by Crippen LogP contribution is -2.06. The number of aromatic nitrogens is 3. The van der Waals surface area contributed by atoms with Gasteiger partial charge in [-0.05, 0) is 38.5 Å². The molecule has 3 aromatic rings. The first-order valence-corrected chi connectivity index (χ1v) is 6.47. The Labute approximate surface area is 116 Å². The van der Waals surface area contributed by atoms with Crippen LogP contribution in [-0.4, -0.2) is 21.1 Å². The molecule has 0 radical (unpaired) electrons. The van der Waals surface area contributed by atoms with E-state index in [9.17, 15) is 0 Å². The average molecular weight is 269 g/mol. The molecule has 3 rings (SSSR count). The zero-order valence-electron chi connectivity index (χ0n) is 11.6. The molecular formula is C15H15N3O2. The molecule has 102 valence electrons. The maximum Gasteiger partial charge on any atom is 0.247 e. The third kappa shape index (κ3) is 2.34. The minimum absolute atomic E-state index is 0.0581. The van der Waals surface area contributed by atoms with Gasteiger partial charge in [-0.1, -0.05) is 0 Å². The predicted octanol–water partition coefficient (Wildman–Crippen LogP) is 3.38. The lowest BCUT2D eigenvalue weighted by molar-refractivity contribution is 0.242. The lowest BCUT2D eigenvalue weighted by atomic mass is 10.2. The van der Waals surface area contributed by atoms with Crippen LogP contribution in [0.1, 0.15) is 19.4 Å². The minimum Gasteiger partial charge on any atom is -0.489 e. The van der Waals surface area contributed by atoms with Crippen LogP contribution in [0.25, 0.3) is 22.7 Å². The van der Waals surface area contributed by atoms with E-state index >= 15 is 0 Å². The summed E-state index contributed by atoms with van der Waals surface area (Å²) in [5.74, 6) is 1.15. The van der Waals surface area contributed by atoms with Gasteiger partial charge in [-0.3, -0.25) is 4.98 Å². The monoisotopic (exact) mass is 269 g/mol. The van der Waals surface area contributed by atoms with Crippen molar-refractivity contribution < 1.29 is 9.15 Å². The molecule has 0 fully saturated rings. The molecule has 0 aromatic carbocycles. The average Bonchev–Trinajstić information content (AvgIpc) is 2.81. The largest absolute Gasteiger partial charge is 0.489 e. The molecule has 3 heterocycles. The number of hydrogen-bond donors (Lipinski definition) is 0. The minimum atomic E-state index is 0.0581. The number of fused-ring (bicyclic) bond motifs is 1. The first-order valence-electron chi connectivity index (χ1n) is 6.47. The maximum absolute atomic E-state index is 5.74. The van der Waals surface area contributed by atoms with Crippen LogP contribution in [-0.2, 0) is 0 Å². The quantitative estimate of drug-likeness (QED) is 0.729. The van der Waals surface area contributed by atoms with Crippen LogP contribution in [0, 0.1) is 6.92 Å². The zero-order chi connectivity index (χ0) is 14.1. The molecule has 0 saturated heterocycles. The van der Waals surface area contributed by atoms with E-state index in [1.54, 1.807) is 18.6 Å². The van der Waals surface area contributed by atoms with Crippen molar-refractivity contribution in [3.8, 4) is 17.2 Å². The van der Waals surface area contributed by atoms with E-state index in [1.165, 1.54) is 0 Å². The first kappa shape index (κ1) is 12.6. The van der Waals surface area contributed by atoms with E-state index in [1.807, 2.05) is 32.9 Å². The third-order valence-electron chi connectivity index (χ3n) is 2.76. The topological polar surface area (TPSA) is 61.0 Å². The van der Waals surface area contributed by atoms with Gasteiger partial charge in [0.25, 0.3) is 0 Å². The van der Waals surface area contributed by atoms with Gasteiger partial charge in [-0.25, -0.2) is 9.97 Å². The zero-order valence-corrected chi connectivity index (χ0v) is 11.6. The smallest absolute Gasteiger partial charge is 0.247 e. The normalized spacial score (nSPS) is 11.2. The Hall–Kier alpha value is -2.43. The third-order valence-corrected chi connectivity index (χ3v) is 2.76. The Kier molecular flexibility index (Phi) is 3.10. The number of aryl methyl sites for hydroxylation is 1. The van der Waals surface area contributed by atoms with E-state index in [0.29, 0.717) is 17.4 Å². The molecule has 0 aliphatic rings. The van der Waals surface area contributed by atoms with E-state index in [-0.39, 0.29) is 6.10 Å². The fourth-order valence-electron chi connectivity index (χ4n) is 1.94. The number of ether oxygens (including phenoxy) is 1. The van der Waals surface area contributed by atoms with Gasteiger partial charge in [-0.2, -0.15) is 0 Å². The summed E-state index contributed by atoms with van der Waals surface area (Å²) >= 11 is 0. The highest BCUT2D eigenvalue weighted by atomic mass is 16.5. The fourth-order valence-corrected chi connectivity index (χ4v) is 1.94. The summed E-state index contributed by atoms with van der Waals surface area (Å²) in [6, 6.07) is 3.77. The summed E-state index contributed by atoms with van der Waals surface area (Å²) < 4.78 is 11.4. The molecule has 0 aliphatic carbocycles. The van der Waals surface area contributed by atoms with E-state index in [0.717, 1.165) is 16.6 Å². The second-order valence-corrected chi connectivity index (χ2v) is 4.89. The van der Waals surface area contributed by atoms with Gasteiger partial charge < -0.3 is 9.15 Å². The van der Waals surface area contributed by atoms with Crippen molar-refractivity contribution in [2.24, 2.45) is 0 Å². The van der Waals surface area contributed by atoms with Crippen LogP contribution in [0.4, 0.5) is 0 Å². The van der Waals surface area contributed by atoms with E-state index in [4.69, 9.17) is 9.15 Å². The number of hydrogen-bond acceptors (Lipinski definition) is 5. The van der Waals surface area contributed by atoms with Crippen molar-refractivity contribution >= 4 is 11.2 Å². The Bertz CT molecular complexity index is 750. The van der Waals surface area contributed by atoms with Crippen molar-refractivity contribution in [3.05, 3.63) is 36.3 Å². The first-order chi connectivity index (χ1) is 9.63. The van der Waals surface area contributed by atoms with Crippen LogP contribution >= 0.6 is 0 Å². The summed E-state index contributed by atoms with van der Waals surface area (Å²) in [6.07, 6.45) is 5.18. The molecule has 20 heavy (non-hydrogen) atoms. The van der Waals surface area contributed by atoms with Gasteiger partial charge in [-0.15, -0.1) is 0 Å². The number of nitrogens with zero attached hydrogens (tertiary/aromatic N) is 3. The number of rotatable bonds is 3. The highest BCUT2D eigenvalue weighted by Crippen LogP contribution is 2.31. The molecule has 0 aliphatic heterocycles. The molecule has 0 unspecified atom stereocenters. The van der Waals surface area contributed by atoms with Crippen LogP contribution in [0.3, 0.4) is 0 Å². The van der Waals surface area contributed by atoms with Crippen LogP contribution in [0.2, 0.25) is 0 Å². The fraction of sp³-hybridized carbons (Fsp3) is 0.267. The summed E-state index contributed by atoms with van der Waals surface area (Å²) in [6.45, 7) is 5.90. The predicted molar refractivity (Wildman–Crippen MR) is 75.5 cm³/mol. The molecule has 0 bridgehead atoms. The molecule has 0 N–H and O–H groups in total. The van der Waals surface area contributed by atoms with Gasteiger partial charge in [0, 0.05) is 12.4 Å². The van der Waals surface area contributed by atoms with Gasteiger partial charge >= 0.3 is 0 Å². The molecule has 0 amide bonds. The second kappa shape index (κ2) is 4.92. The lowest BCUT2D eigenvalue weighted by Gasteiger charge is -2.11. The molecule has 5 heteroatoms. The van der Waals surface area contributed by atoms with E-state index in [2.05, 4.69) is 15.0 Å². The molecule has 0 atom stereocenters.